The largest absolute Gasteiger partial charge is 0.322 e. The van der Waals surface area contributed by atoms with Gasteiger partial charge in [0.1, 0.15) is 0 Å². The normalized spacial score (nSPS) is 10.9. The Balaban J connectivity index is 1.91. The van der Waals surface area contributed by atoms with E-state index in [-0.39, 0.29) is 11.8 Å². The van der Waals surface area contributed by atoms with E-state index in [4.69, 9.17) is 0 Å². The second-order valence-electron chi connectivity index (χ2n) is 5.42. The number of nitrogens with one attached hydrogen (secondary N) is 2. The lowest BCUT2D eigenvalue weighted by Crippen LogP contribution is -2.07. The maximum atomic E-state index is 11.6. The van der Waals surface area contributed by atoms with Crippen molar-refractivity contribution < 1.29 is 9.59 Å². The Labute approximate surface area is 163 Å². The topological polar surface area (TPSA) is 58.2 Å². The zero-order valence-corrected chi connectivity index (χ0v) is 16.6. The Morgan fingerprint density at radius 1 is 0.692 bits per heavy atom. The van der Waals surface area contributed by atoms with Crippen LogP contribution < -0.4 is 10.6 Å². The smallest absolute Gasteiger partial charge is 0.247 e. The minimum absolute atomic E-state index is 0.220. The maximum absolute atomic E-state index is 11.6. The van der Waals surface area contributed by atoms with Gasteiger partial charge in [0.05, 0.1) is 0 Å². The van der Waals surface area contributed by atoms with Gasteiger partial charge in [0, 0.05) is 41.3 Å². The van der Waals surface area contributed by atoms with Crippen LogP contribution in [0.5, 0.6) is 0 Å². The first kappa shape index (κ1) is 17.2. The van der Waals surface area contributed by atoms with E-state index in [1.54, 1.807) is 41.4 Å². The average Bonchev–Trinajstić information content (AvgIpc) is 2.65. The van der Waals surface area contributed by atoms with Crippen LogP contribution in [0.2, 0.25) is 0 Å². The Morgan fingerprint density at radius 3 is 1.27 bits per heavy atom. The number of hydrogen-bond acceptors (Lipinski definition) is 6. The molecule has 2 heterocycles. The molecule has 2 aromatic carbocycles. The van der Waals surface area contributed by atoms with Crippen LogP contribution in [0.4, 0.5) is 11.4 Å². The van der Waals surface area contributed by atoms with Crippen molar-refractivity contribution in [2.75, 3.05) is 10.6 Å². The fourth-order valence-electron chi connectivity index (χ4n) is 2.65. The van der Waals surface area contributed by atoms with Gasteiger partial charge in [-0.25, -0.2) is 0 Å². The van der Waals surface area contributed by atoms with Gasteiger partial charge in [-0.3, -0.25) is 9.59 Å². The summed E-state index contributed by atoms with van der Waals surface area (Å²) in [5.74, 6) is -0.439. The number of carbonyl (C=O) groups is 2. The summed E-state index contributed by atoms with van der Waals surface area (Å²) in [7, 11) is 6.62. The summed E-state index contributed by atoms with van der Waals surface area (Å²) in [5, 5.41) is 5.68. The van der Waals surface area contributed by atoms with Gasteiger partial charge in [-0.1, -0.05) is 54.5 Å². The molecule has 0 unspecified atom stereocenters. The Hall–Kier alpha value is -2.26. The van der Waals surface area contributed by atoms with Crippen LogP contribution in [-0.2, 0) is 9.59 Å². The van der Waals surface area contributed by atoms with Crippen LogP contribution >= 0.6 is 41.4 Å². The first-order valence-corrected chi connectivity index (χ1v) is 11.8. The molecule has 0 atom stereocenters. The molecular formula is C18H12N2O2S4. The molecule has 0 saturated carbocycles. The molecule has 8 heteroatoms. The maximum Gasteiger partial charge on any atom is 0.247 e. The van der Waals surface area contributed by atoms with Gasteiger partial charge in [-0.15, -0.1) is 0 Å². The van der Waals surface area contributed by atoms with Gasteiger partial charge in [0.2, 0.25) is 11.8 Å². The molecule has 0 fully saturated rings. The quantitative estimate of drug-likeness (QED) is 0.238. The standard InChI is InChI=1S/C18H12N2O2S4/c1-3-15(21)19-9-5-11-17-12(6-9)24-26-14-8-10(20-16(22)4-2)7-13(18(14)17)25-23-11/h3-8H,1-2H2,(H,19,21)(H,20,22). The summed E-state index contributed by atoms with van der Waals surface area (Å²) in [5.41, 5.74) is 3.93. The molecule has 26 heavy (non-hydrogen) atoms. The average molecular weight is 417 g/mol. The van der Waals surface area contributed by atoms with E-state index in [0.29, 0.717) is 0 Å². The molecule has 4 rings (SSSR count). The predicted octanol–water partition coefficient (Wildman–Crippen LogP) is 6.16. The van der Waals surface area contributed by atoms with Crippen molar-refractivity contribution in [3.63, 3.8) is 0 Å². The molecule has 2 N–H and O–H groups in total. The molecule has 4 nitrogen and oxygen atoms in total. The molecule has 0 spiro atoms. The molecule has 130 valence electrons. The van der Waals surface area contributed by atoms with Crippen LogP contribution in [0, 0.1) is 0 Å². The van der Waals surface area contributed by atoms with Crippen LogP contribution in [0.3, 0.4) is 0 Å². The molecule has 0 aromatic heterocycles. The summed E-state index contributed by atoms with van der Waals surface area (Å²) in [6.07, 6.45) is 2.53. The molecule has 2 aliphatic rings. The fraction of sp³-hybridized carbons (Fsp3) is 0. The molecule has 0 bridgehead atoms. The third-order valence-electron chi connectivity index (χ3n) is 3.73. The van der Waals surface area contributed by atoms with Crippen LogP contribution in [0.25, 0.3) is 29.9 Å². The fourth-order valence-corrected chi connectivity index (χ4v) is 7.67. The summed E-state index contributed by atoms with van der Waals surface area (Å²) in [4.78, 5) is 23.2. The van der Waals surface area contributed by atoms with Crippen molar-refractivity contribution in [1.29, 1.82) is 0 Å². The van der Waals surface area contributed by atoms with Crippen molar-refractivity contribution in [3.05, 3.63) is 49.6 Å². The molecule has 0 aliphatic carbocycles. The highest BCUT2D eigenvalue weighted by Crippen LogP contribution is 2.49. The SMILES string of the molecule is C=CC(=O)Nc1cc2ssc3cc(NC(=O)C=C)cc4ssc(c1)c2-c34. The van der Waals surface area contributed by atoms with Crippen molar-refractivity contribution >= 4 is 83.4 Å². The lowest BCUT2D eigenvalue weighted by atomic mass is 10.0. The van der Waals surface area contributed by atoms with Crippen molar-refractivity contribution in [2.24, 2.45) is 0 Å². The minimum atomic E-state index is -0.220. The summed E-state index contributed by atoms with van der Waals surface area (Å²) in [6.45, 7) is 6.99. The first-order chi connectivity index (χ1) is 12.6. The lowest BCUT2D eigenvalue weighted by molar-refractivity contribution is -0.112. The zero-order chi connectivity index (χ0) is 18.3. The van der Waals surface area contributed by atoms with Crippen LogP contribution in [0.15, 0.2) is 49.6 Å². The molecule has 0 saturated heterocycles. The van der Waals surface area contributed by atoms with E-state index in [1.807, 2.05) is 24.3 Å². The van der Waals surface area contributed by atoms with Crippen LogP contribution in [-0.4, -0.2) is 11.8 Å². The number of rotatable bonds is 4. The highest BCUT2D eigenvalue weighted by molar-refractivity contribution is 7.75. The van der Waals surface area contributed by atoms with Gasteiger partial charge in [0.15, 0.2) is 0 Å². The molecule has 2 aliphatic heterocycles. The van der Waals surface area contributed by atoms with E-state index >= 15 is 0 Å². The highest BCUT2D eigenvalue weighted by atomic mass is 32.9. The Morgan fingerprint density at radius 2 is 1.00 bits per heavy atom. The third-order valence-corrected chi connectivity index (χ3v) is 8.56. The second-order valence-corrected chi connectivity index (χ2v) is 9.84. The second kappa shape index (κ2) is 6.81. The molecular weight excluding hydrogens is 404 g/mol. The Bertz CT molecular complexity index is 1020. The summed E-state index contributed by atoms with van der Waals surface area (Å²) < 4.78 is 4.49. The number of anilines is 2. The van der Waals surface area contributed by atoms with E-state index < -0.39 is 0 Å². The van der Waals surface area contributed by atoms with Gasteiger partial charge < -0.3 is 10.6 Å². The summed E-state index contributed by atoms with van der Waals surface area (Å²) >= 11 is 0. The van der Waals surface area contributed by atoms with E-state index in [2.05, 4.69) is 23.8 Å². The number of hydrogen-bond donors (Lipinski definition) is 2. The zero-order valence-electron chi connectivity index (χ0n) is 13.3. The van der Waals surface area contributed by atoms with E-state index in [0.717, 1.165) is 30.2 Å². The molecule has 0 radical (unpaired) electrons. The van der Waals surface area contributed by atoms with Gasteiger partial charge in [-0.2, -0.15) is 0 Å². The monoisotopic (exact) mass is 416 g/mol. The van der Waals surface area contributed by atoms with E-state index in [9.17, 15) is 9.59 Å². The molecule has 2 amide bonds. The van der Waals surface area contributed by atoms with Crippen molar-refractivity contribution in [1.82, 2.24) is 0 Å². The third kappa shape index (κ3) is 3.01. The number of carbonyl (C=O) groups excluding carboxylic acids is 2. The van der Waals surface area contributed by atoms with Gasteiger partial charge in [0.25, 0.3) is 0 Å². The number of benzene rings is 2. The number of amides is 2. The summed E-state index contributed by atoms with van der Waals surface area (Å²) in [6, 6.07) is 7.98. The first-order valence-electron chi connectivity index (χ1n) is 7.51. The van der Waals surface area contributed by atoms with Crippen molar-refractivity contribution in [2.45, 2.75) is 0 Å². The van der Waals surface area contributed by atoms with Gasteiger partial charge >= 0.3 is 0 Å². The van der Waals surface area contributed by atoms with Crippen molar-refractivity contribution in [3.8, 4) is 11.1 Å². The van der Waals surface area contributed by atoms with Crippen LogP contribution in [0.1, 0.15) is 0 Å². The van der Waals surface area contributed by atoms with Gasteiger partial charge in [-0.05, 0) is 36.4 Å². The lowest BCUT2D eigenvalue weighted by Gasteiger charge is -2.16. The highest BCUT2D eigenvalue weighted by Gasteiger charge is 2.19. The Kier molecular flexibility index (Phi) is 4.49. The van der Waals surface area contributed by atoms with E-state index in [1.165, 1.54) is 23.3 Å². The predicted molar refractivity (Wildman–Crippen MR) is 116 cm³/mol. The minimum Gasteiger partial charge on any atom is -0.322 e. The molecule has 2 aromatic rings.